The molecule has 1 heterocycles. The zero-order chi connectivity index (χ0) is 20.3. The number of aliphatic imine (C=N–C) groups is 1. The molecule has 0 bridgehead atoms. The molecular formula is C21H19FN4OS. The number of nitrogens with zero attached hydrogens (tertiary/aromatic N) is 4. The highest BCUT2D eigenvalue weighted by Crippen LogP contribution is 2.39. The number of ether oxygens (including phenoxy) is 1. The smallest absolute Gasteiger partial charge is 0.218 e. The summed E-state index contributed by atoms with van der Waals surface area (Å²) in [4.78, 5) is 6.30. The van der Waals surface area contributed by atoms with Crippen molar-refractivity contribution in [2.75, 3.05) is 14.1 Å². The third-order valence-electron chi connectivity index (χ3n) is 4.03. The molecule has 7 heteroatoms. The van der Waals surface area contributed by atoms with Gasteiger partial charge in [0.25, 0.3) is 0 Å². The van der Waals surface area contributed by atoms with E-state index in [1.165, 1.54) is 6.07 Å². The molecule has 1 aromatic heterocycles. The van der Waals surface area contributed by atoms with Gasteiger partial charge in [-0.15, -0.1) is 0 Å². The molecule has 0 saturated carbocycles. The second kappa shape index (κ2) is 8.19. The van der Waals surface area contributed by atoms with Gasteiger partial charge in [-0.2, -0.15) is 9.64 Å². The molecule has 0 radical (unpaired) electrons. The summed E-state index contributed by atoms with van der Waals surface area (Å²) < 4.78 is 24.4. The van der Waals surface area contributed by atoms with Crippen LogP contribution in [0.15, 0.2) is 41.4 Å². The van der Waals surface area contributed by atoms with Gasteiger partial charge in [0.05, 0.1) is 12.0 Å². The number of aromatic nitrogens is 1. The number of aryl methyl sites for hydroxylation is 2. The van der Waals surface area contributed by atoms with Crippen molar-refractivity contribution in [3.05, 3.63) is 58.9 Å². The van der Waals surface area contributed by atoms with E-state index in [1.807, 2.05) is 45.0 Å². The summed E-state index contributed by atoms with van der Waals surface area (Å²) in [6.07, 6.45) is 1.74. The molecule has 28 heavy (non-hydrogen) atoms. The predicted molar refractivity (Wildman–Crippen MR) is 110 cm³/mol. The van der Waals surface area contributed by atoms with Gasteiger partial charge in [0.2, 0.25) is 5.06 Å². The van der Waals surface area contributed by atoms with Gasteiger partial charge in [-0.05, 0) is 49.2 Å². The van der Waals surface area contributed by atoms with Crippen LogP contribution >= 0.6 is 11.5 Å². The first-order chi connectivity index (χ1) is 13.4. The van der Waals surface area contributed by atoms with Gasteiger partial charge < -0.3 is 9.64 Å². The third-order valence-corrected chi connectivity index (χ3v) is 4.75. The maximum Gasteiger partial charge on any atom is 0.218 e. The average molecular weight is 394 g/mol. The van der Waals surface area contributed by atoms with Crippen molar-refractivity contribution >= 4 is 23.6 Å². The quantitative estimate of drug-likeness (QED) is 0.426. The number of rotatable bonds is 5. The Balaban J connectivity index is 1.96. The molecule has 0 spiro atoms. The number of hydrogen-bond acceptors (Lipinski definition) is 5. The molecule has 0 N–H and O–H groups in total. The van der Waals surface area contributed by atoms with Crippen LogP contribution in [-0.4, -0.2) is 29.7 Å². The molecule has 0 saturated heterocycles. The van der Waals surface area contributed by atoms with Gasteiger partial charge in [0, 0.05) is 31.2 Å². The summed E-state index contributed by atoms with van der Waals surface area (Å²) in [6.45, 7) is 3.85. The van der Waals surface area contributed by atoms with Crippen molar-refractivity contribution in [2.45, 2.75) is 13.8 Å². The van der Waals surface area contributed by atoms with Crippen LogP contribution in [-0.2, 0) is 0 Å². The molecule has 142 valence electrons. The van der Waals surface area contributed by atoms with Gasteiger partial charge in [-0.25, -0.2) is 9.38 Å². The minimum absolute atomic E-state index is 0.224. The Morgan fingerprint density at radius 2 is 1.96 bits per heavy atom. The Morgan fingerprint density at radius 3 is 2.64 bits per heavy atom. The highest BCUT2D eigenvalue weighted by molar-refractivity contribution is 7.08. The fraction of sp³-hybridized carbons (Fsp3) is 0.190. The summed E-state index contributed by atoms with van der Waals surface area (Å²) in [6, 6.07) is 12.1. The lowest BCUT2D eigenvalue weighted by Crippen LogP contribution is -2.07. The van der Waals surface area contributed by atoms with E-state index in [2.05, 4.69) is 15.4 Å². The van der Waals surface area contributed by atoms with Crippen LogP contribution in [0.4, 0.5) is 10.1 Å². The van der Waals surface area contributed by atoms with Crippen molar-refractivity contribution in [1.82, 2.24) is 9.27 Å². The largest absolute Gasteiger partial charge is 0.443 e. The molecule has 0 fully saturated rings. The van der Waals surface area contributed by atoms with Crippen molar-refractivity contribution < 1.29 is 9.13 Å². The lowest BCUT2D eigenvalue weighted by molar-refractivity contribution is 0.491. The van der Waals surface area contributed by atoms with Gasteiger partial charge >= 0.3 is 0 Å². The van der Waals surface area contributed by atoms with Gasteiger partial charge in [0.15, 0.2) is 0 Å². The fourth-order valence-electron chi connectivity index (χ4n) is 2.58. The average Bonchev–Trinajstić information content (AvgIpc) is 3.06. The number of hydrogen-bond donors (Lipinski definition) is 0. The second-order valence-electron chi connectivity index (χ2n) is 6.50. The standard InChI is InChI=1S/C21H19FN4OS/c1-13-10-19(14(2)9-18(13)24-12-26(3)4)27-21-16(11-23)20(25-28-21)15-7-5-6-8-17(15)22/h5-10,12H,1-4H3. The van der Waals surface area contributed by atoms with E-state index in [9.17, 15) is 9.65 Å². The van der Waals surface area contributed by atoms with Crippen LogP contribution in [0.5, 0.6) is 10.8 Å². The second-order valence-corrected chi connectivity index (χ2v) is 7.24. The van der Waals surface area contributed by atoms with Gasteiger partial charge in [-0.1, -0.05) is 12.1 Å². The zero-order valence-corrected chi connectivity index (χ0v) is 16.8. The summed E-state index contributed by atoms with van der Waals surface area (Å²) in [7, 11) is 3.81. The van der Waals surface area contributed by atoms with Crippen molar-refractivity contribution in [1.29, 1.82) is 5.26 Å². The first kappa shape index (κ1) is 19.5. The summed E-state index contributed by atoms with van der Waals surface area (Å²) in [5.74, 6) is 0.188. The maximum atomic E-state index is 14.1. The SMILES string of the molecule is Cc1cc(Oc2snc(-c3ccccc3F)c2C#N)c(C)cc1N=CN(C)C. The molecule has 0 aliphatic rings. The van der Waals surface area contributed by atoms with Gasteiger partial charge in [0.1, 0.15) is 28.9 Å². The zero-order valence-electron chi connectivity index (χ0n) is 16.0. The van der Waals surface area contributed by atoms with Crippen molar-refractivity contribution in [3.63, 3.8) is 0 Å². The van der Waals surface area contributed by atoms with Gasteiger partial charge in [-0.3, -0.25) is 0 Å². The molecule has 0 atom stereocenters. The molecule has 0 aliphatic carbocycles. The summed E-state index contributed by atoms with van der Waals surface area (Å²) in [5, 5.41) is 9.94. The molecular weight excluding hydrogens is 375 g/mol. The first-order valence-corrected chi connectivity index (χ1v) is 9.32. The number of nitriles is 1. The molecule has 2 aromatic carbocycles. The molecule has 5 nitrogen and oxygen atoms in total. The summed E-state index contributed by atoms with van der Waals surface area (Å²) >= 11 is 1.03. The minimum atomic E-state index is -0.425. The molecule has 0 amide bonds. The lowest BCUT2D eigenvalue weighted by atomic mass is 10.1. The first-order valence-electron chi connectivity index (χ1n) is 8.55. The lowest BCUT2D eigenvalue weighted by Gasteiger charge is -2.11. The Kier molecular flexibility index (Phi) is 5.71. The maximum absolute atomic E-state index is 14.1. The molecule has 0 unspecified atom stereocenters. The van der Waals surface area contributed by atoms with Crippen LogP contribution in [0.25, 0.3) is 11.3 Å². The normalized spacial score (nSPS) is 10.9. The van der Waals surface area contributed by atoms with E-state index >= 15 is 0 Å². The van der Waals surface area contributed by atoms with Crippen LogP contribution in [0.1, 0.15) is 16.7 Å². The molecule has 0 aliphatic heterocycles. The van der Waals surface area contributed by atoms with Crippen LogP contribution in [0.3, 0.4) is 0 Å². The van der Waals surface area contributed by atoms with Crippen LogP contribution in [0.2, 0.25) is 0 Å². The Labute approximate surface area is 167 Å². The third kappa shape index (κ3) is 4.02. The van der Waals surface area contributed by atoms with Crippen LogP contribution in [0, 0.1) is 31.0 Å². The number of halogens is 1. The highest BCUT2D eigenvalue weighted by Gasteiger charge is 2.20. The van der Waals surface area contributed by atoms with Crippen LogP contribution < -0.4 is 4.74 Å². The van der Waals surface area contributed by atoms with E-state index in [4.69, 9.17) is 4.74 Å². The van der Waals surface area contributed by atoms with E-state index in [1.54, 1.807) is 24.5 Å². The monoisotopic (exact) mass is 394 g/mol. The van der Waals surface area contributed by atoms with E-state index in [-0.39, 0.29) is 11.1 Å². The van der Waals surface area contributed by atoms with Crippen molar-refractivity contribution in [3.8, 4) is 28.1 Å². The van der Waals surface area contributed by atoms with E-state index < -0.39 is 5.82 Å². The van der Waals surface area contributed by atoms with E-state index in [0.717, 1.165) is 28.3 Å². The Bertz CT molecular complexity index is 1080. The Hall–Kier alpha value is -3.24. The predicted octanol–water partition coefficient (Wildman–Crippen LogP) is 5.45. The fourth-order valence-corrected chi connectivity index (χ4v) is 3.31. The highest BCUT2D eigenvalue weighted by atomic mass is 32.1. The Morgan fingerprint density at radius 1 is 1.21 bits per heavy atom. The topological polar surface area (TPSA) is 61.5 Å². The summed E-state index contributed by atoms with van der Waals surface area (Å²) in [5.41, 5.74) is 3.46. The van der Waals surface area contributed by atoms with E-state index in [0.29, 0.717) is 16.5 Å². The van der Waals surface area contributed by atoms with Crippen molar-refractivity contribution in [2.24, 2.45) is 4.99 Å². The molecule has 3 aromatic rings. The molecule has 3 rings (SSSR count). The number of benzene rings is 2. The minimum Gasteiger partial charge on any atom is -0.443 e.